The van der Waals surface area contributed by atoms with Gasteiger partial charge in [0.25, 0.3) is 0 Å². The second-order valence-electron chi connectivity index (χ2n) is 9.35. The molecule has 2 aromatic heterocycles. The van der Waals surface area contributed by atoms with E-state index in [1.165, 1.54) is 7.11 Å². The molecule has 2 aromatic carbocycles. The van der Waals surface area contributed by atoms with Gasteiger partial charge >= 0.3 is 5.97 Å². The molecule has 39 heavy (non-hydrogen) atoms. The number of benzene rings is 2. The smallest absolute Gasteiger partial charge is 0.338 e. The Kier molecular flexibility index (Phi) is 7.00. The van der Waals surface area contributed by atoms with Crippen LogP contribution in [-0.4, -0.2) is 49.5 Å². The topological polar surface area (TPSA) is 80.1 Å². The van der Waals surface area contributed by atoms with Crippen molar-refractivity contribution >= 4 is 34.7 Å². The molecule has 2 saturated heterocycles. The Bertz CT molecular complexity index is 1470. The lowest BCUT2D eigenvalue weighted by Gasteiger charge is -2.30. The van der Waals surface area contributed by atoms with Crippen molar-refractivity contribution in [3.05, 3.63) is 102 Å². The first-order valence-electron chi connectivity index (χ1n) is 12.8. The second-order valence-corrected chi connectivity index (χ2v) is 9.74. The molecule has 2 aliphatic heterocycles. The summed E-state index contributed by atoms with van der Waals surface area (Å²) in [5.41, 5.74) is 4.06. The lowest BCUT2D eigenvalue weighted by atomic mass is 10.0. The molecule has 0 unspecified atom stereocenters. The number of morpholine rings is 1. The van der Waals surface area contributed by atoms with Crippen molar-refractivity contribution < 1.29 is 18.7 Å². The van der Waals surface area contributed by atoms with Crippen molar-refractivity contribution in [1.82, 2.24) is 10.3 Å². The minimum Gasteiger partial charge on any atom is -0.465 e. The van der Waals surface area contributed by atoms with Crippen molar-refractivity contribution in [2.24, 2.45) is 0 Å². The molecule has 0 aliphatic carbocycles. The first-order valence-corrected chi connectivity index (χ1v) is 13.3. The maximum absolute atomic E-state index is 12.4. The lowest BCUT2D eigenvalue weighted by molar-refractivity contribution is 0.0601. The van der Waals surface area contributed by atoms with E-state index in [1.807, 2.05) is 42.5 Å². The van der Waals surface area contributed by atoms with Gasteiger partial charge in [-0.15, -0.1) is 0 Å². The molecule has 0 amide bonds. The van der Waals surface area contributed by atoms with Gasteiger partial charge in [-0.05, 0) is 66.8 Å². The number of anilines is 2. The largest absolute Gasteiger partial charge is 0.465 e. The van der Waals surface area contributed by atoms with Crippen LogP contribution in [0.3, 0.4) is 0 Å². The summed E-state index contributed by atoms with van der Waals surface area (Å²) in [4.78, 5) is 21.4. The highest BCUT2D eigenvalue weighted by atomic mass is 32.1. The summed E-state index contributed by atoms with van der Waals surface area (Å²) in [5.74, 6) is 0.858. The predicted molar refractivity (Wildman–Crippen MR) is 153 cm³/mol. The average Bonchev–Trinajstić information content (AvgIpc) is 3.62. The molecule has 0 bridgehead atoms. The van der Waals surface area contributed by atoms with E-state index in [4.69, 9.17) is 26.1 Å². The van der Waals surface area contributed by atoms with Gasteiger partial charge in [-0.25, -0.2) is 4.79 Å². The highest BCUT2D eigenvalue weighted by Crippen LogP contribution is 2.43. The van der Waals surface area contributed by atoms with Gasteiger partial charge in [-0.1, -0.05) is 24.3 Å². The van der Waals surface area contributed by atoms with Crippen molar-refractivity contribution in [2.45, 2.75) is 12.1 Å². The van der Waals surface area contributed by atoms with Crippen LogP contribution in [0.5, 0.6) is 0 Å². The third-order valence-electron chi connectivity index (χ3n) is 7.12. The number of pyridine rings is 1. The highest BCUT2D eigenvalue weighted by Gasteiger charge is 2.42. The number of hydrogen-bond acceptors (Lipinski definition) is 7. The SMILES string of the molecule is COC(=O)c1ccccc1-c1ccc([C@@H]2[C@@H](c3ccccn3)NC(=S)N2c2ccc(N3CCOCC3)cc2)o1. The molecule has 6 rings (SSSR count). The summed E-state index contributed by atoms with van der Waals surface area (Å²) in [6, 6.07) is 24.8. The summed E-state index contributed by atoms with van der Waals surface area (Å²) in [5, 5.41) is 4.05. The van der Waals surface area contributed by atoms with Crippen LogP contribution in [0, 0.1) is 0 Å². The van der Waals surface area contributed by atoms with Crippen LogP contribution in [0.15, 0.2) is 89.5 Å². The van der Waals surface area contributed by atoms with Crippen LogP contribution in [0.1, 0.15) is 33.9 Å². The first kappa shape index (κ1) is 25.1. The molecule has 1 N–H and O–H groups in total. The molecule has 2 fully saturated rings. The zero-order valence-corrected chi connectivity index (χ0v) is 22.3. The number of nitrogens with one attached hydrogen (secondary N) is 1. The summed E-state index contributed by atoms with van der Waals surface area (Å²) < 4.78 is 16.9. The molecule has 9 heteroatoms. The maximum Gasteiger partial charge on any atom is 0.338 e. The van der Waals surface area contributed by atoms with E-state index in [0.29, 0.717) is 27.8 Å². The van der Waals surface area contributed by atoms with E-state index in [2.05, 4.69) is 44.4 Å². The number of hydrogen-bond donors (Lipinski definition) is 1. The van der Waals surface area contributed by atoms with Gasteiger partial charge in [0.05, 0.1) is 37.6 Å². The summed E-state index contributed by atoms with van der Waals surface area (Å²) in [7, 11) is 1.37. The Morgan fingerprint density at radius 3 is 2.46 bits per heavy atom. The van der Waals surface area contributed by atoms with E-state index in [1.54, 1.807) is 18.3 Å². The van der Waals surface area contributed by atoms with Gasteiger partial charge in [0.15, 0.2) is 5.11 Å². The number of ether oxygens (including phenoxy) is 2. The Balaban J connectivity index is 1.38. The van der Waals surface area contributed by atoms with E-state index in [9.17, 15) is 4.79 Å². The predicted octanol–water partition coefficient (Wildman–Crippen LogP) is 5.14. The first-order chi connectivity index (χ1) is 19.1. The zero-order chi connectivity index (χ0) is 26.8. The van der Waals surface area contributed by atoms with Crippen LogP contribution in [0.4, 0.5) is 11.4 Å². The molecule has 2 aliphatic rings. The van der Waals surface area contributed by atoms with E-state index < -0.39 is 5.97 Å². The standard InChI is InChI=1S/C30H28N4O4S/c1-36-29(35)23-7-3-2-6-22(23)25-13-14-26(38-25)28-27(24-8-4-5-15-31-24)32-30(39)34(28)21-11-9-20(10-12-21)33-16-18-37-19-17-33/h2-15,27-28H,16-19H2,1H3,(H,32,39)/t27-,28-/m1/s1. The van der Waals surface area contributed by atoms with Gasteiger partial charge in [0.1, 0.15) is 17.6 Å². The Morgan fingerprint density at radius 1 is 0.974 bits per heavy atom. The maximum atomic E-state index is 12.4. The Morgan fingerprint density at radius 2 is 1.72 bits per heavy atom. The summed E-state index contributed by atoms with van der Waals surface area (Å²) in [6.07, 6.45) is 1.77. The third kappa shape index (κ3) is 4.86. The Labute approximate surface area is 232 Å². The van der Waals surface area contributed by atoms with Crippen LogP contribution in [0.2, 0.25) is 0 Å². The molecule has 0 radical (unpaired) electrons. The summed E-state index contributed by atoms with van der Waals surface area (Å²) in [6.45, 7) is 3.20. The molecule has 198 valence electrons. The van der Waals surface area contributed by atoms with Crippen molar-refractivity contribution in [2.75, 3.05) is 43.2 Å². The van der Waals surface area contributed by atoms with Crippen molar-refractivity contribution in [3.8, 4) is 11.3 Å². The Hall–Kier alpha value is -4.21. The minimum atomic E-state index is -0.416. The minimum absolute atomic E-state index is 0.243. The number of carbonyl (C=O) groups excluding carboxylic acids is 1. The third-order valence-corrected chi connectivity index (χ3v) is 7.43. The molecule has 0 saturated carbocycles. The number of furan rings is 1. The van der Waals surface area contributed by atoms with E-state index in [0.717, 1.165) is 43.4 Å². The number of nitrogens with zero attached hydrogens (tertiary/aromatic N) is 3. The number of carbonyl (C=O) groups is 1. The summed E-state index contributed by atoms with van der Waals surface area (Å²) >= 11 is 5.86. The molecule has 8 nitrogen and oxygen atoms in total. The van der Waals surface area contributed by atoms with Gasteiger partial charge in [0.2, 0.25) is 0 Å². The monoisotopic (exact) mass is 540 g/mol. The van der Waals surface area contributed by atoms with Crippen LogP contribution in [-0.2, 0) is 9.47 Å². The normalized spacial score (nSPS) is 19.2. The fourth-order valence-electron chi connectivity index (χ4n) is 5.21. The van der Waals surface area contributed by atoms with Crippen molar-refractivity contribution in [1.29, 1.82) is 0 Å². The zero-order valence-electron chi connectivity index (χ0n) is 21.4. The molecule has 4 aromatic rings. The fraction of sp³-hybridized carbons (Fsp3) is 0.233. The highest BCUT2D eigenvalue weighted by molar-refractivity contribution is 7.80. The number of rotatable bonds is 6. The number of thiocarbonyl (C=S) groups is 1. The fourth-order valence-corrected chi connectivity index (χ4v) is 5.56. The number of esters is 1. The van der Waals surface area contributed by atoms with E-state index >= 15 is 0 Å². The lowest BCUT2D eigenvalue weighted by Crippen LogP contribution is -2.36. The quantitative estimate of drug-likeness (QED) is 0.264. The molecule has 0 spiro atoms. The molecular weight excluding hydrogens is 512 g/mol. The average molecular weight is 541 g/mol. The second kappa shape index (κ2) is 10.9. The number of aromatic nitrogens is 1. The van der Waals surface area contributed by atoms with Crippen LogP contribution >= 0.6 is 12.2 Å². The van der Waals surface area contributed by atoms with E-state index in [-0.39, 0.29) is 12.1 Å². The number of methoxy groups -OCH3 is 1. The molecule has 4 heterocycles. The van der Waals surface area contributed by atoms with Gasteiger partial charge in [-0.2, -0.15) is 0 Å². The molecular formula is C30H28N4O4S. The van der Waals surface area contributed by atoms with Crippen molar-refractivity contribution in [3.63, 3.8) is 0 Å². The van der Waals surface area contributed by atoms with Crippen LogP contribution in [0.25, 0.3) is 11.3 Å². The van der Waals surface area contributed by atoms with Gasteiger partial charge < -0.3 is 29.0 Å². The van der Waals surface area contributed by atoms with Gasteiger partial charge in [-0.3, -0.25) is 4.98 Å². The molecule has 2 atom stereocenters. The van der Waals surface area contributed by atoms with Crippen LogP contribution < -0.4 is 15.1 Å². The van der Waals surface area contributed by atoms with Gasteiger partial charge in [0, 0.05) is 36.2 Å².